The number of anilines is 2. The normalized spacial score (nSPS) is 15.3. The van der Waals surface area contributed by atoms with Crippen LogP contribution in [0.5, 0.6) is 0 Å². The van der Waals surface area contributed by atoms with Gasteiger partial charge in [0.2, 0.25) is 11.1 Å². The second kappa shape index (κ2) is 9.79. The standard InChI is InChI=1S/C24H25Cl2N5OS/c1-5-11-33-24-29-23-27-15(4)20(22(32)28-19-8-6-7-13(2)14(19)3)21(31(23)30-24)17-10-9-16(25)12-18(17)26/h6-10,12,21H,5,11H2,1-4H3,(H,28,32)(H,27,29,30). The molecule has 0 spiro atoms. The molecule has 0 radical (unpaired) electrons. The third-order valence-corrected chi connectivity index (χ3v) is 7.23. The van der Waals surface area contributed by atoms with Gasteiger partial charge < -0.3 is 10.6 Å². The van der Waals surface area contributed by atoms with Crippen molar-refractivity contribution >= 4 is 52.5 Å². The number of rotatable bonds is 6. The predicted octanol–water partition coefficient (Wildman–Crippen LogP) is 6.63. The van der Waals surface area contributed by atoms with E-state index in [0.29, 0.717) is 32.4 Å². The van der Waals surface area contributed by atoms with Gasteiger partial charge in [0, 0.05) is 32.7 Å². The molecule has 1 unspecified atom stereocenters. The molecular formula is C24H25Cl2N5OS. The van der Waals surface area contributed by atoms with Gasteiger partial charge in [0.05, 0.1) is 5.57 Å². The Labute approximate surface area is 207 Å². The molecule has 2 heterocycles. The van der Waals surface area contributed by atoms with Crippen molar-refractivity contribution in [1.82, 2.24) is 14.8 Å². The molecule has 0 bridgehead atoms. The van der Waals surface area contributed by atoms with E-state index in [9.17, 15) is 4.79 Å². The average Bonchev–Trinajstić information content (AvgIpc) is 3.17. The molecule has 9 heteroatoms. The average molecular weight is 502 g/mol. The van der Waals surface area contributed by atoms with E-state index < -0.39 is 6.04 Å². The summed E-state index contributed by atoms with van der Waals surface area (Å²) in [6.45, 7) is 7.99. The first-order valence-corrected chi connectivity index (χ1v) is 12.4. The molecule has 0 saturated carbocycles. The molecule has 6 nitrogen and oxygen atoms in total. The van der Waals surface area contributed by atoms with Crippen LogP contribution < -0.4 is 10.6 Å². The number of hydrogen-bond donors (Lipinski definition) is 2. The molecule has 1 aromatic heterocycles. The highest BCUT2D eigenvalue weighted by atomic mass is 35.5. The lowest BCUT2D eigenvalue weighted by molar-refractivity contribution is -0.113. The zero-order valence-electron chi connectivity index (χ0n) is 18.9. The molecule has 3 aromatic rings. The van der Waals surface area contributed by atoms with E-state index in [0.717, 1.165) is 34.6 Å². The predicted molar refractivity (Wildman–Crippen MR) is 137 cm³/mol. The Kier molecular flexibility index (Phi) is 7.02. The molecule has 0 aliphatic carbocycles. The van der Waals surface area contributed by atoms with Gasteiger partial charge >= 0.3 is 0 Å². The first kappa shape index (κ1) is 23.7. The second-order valence-electron chi connectivity index (χ2n) is 7.94. The summed E-state index contributed by atoms with van der Waals surface area (Å²) in [6.07, 6.45) is 1.01. The fraction of sp³-hybridized carbons (Fsp3) is 0.292. The quantitative estimate of drug-likeness (QED) is 0.370. The number of nitrogens with one attached hydrogen (secondary N) is 2. The number of hydrogen-bond acceptors (Lipinski definition) is 5. The van der Waals surface area contributed by atoms with Crippen molar-refractivity contribution in [1.29, 1.82) is 0 Å². The largest absolute Gasteiger partial charge is 0.328 e. The molecule has 1 atom stereocenters. The Morgan fingerprint density at radius 1 is 1.21 bits per heavy atom. The van der Waals surface area contributed by atoms with Crippen LogP contribution in [0.4, 0.5) is 11.6 Å². The van der Waals surface area contributed by atoms with Crippen molar-refractivity contribution in [2.24, 2.45) is 0 Å². The summed E-state index contributed by atoms with van der Waals surface area (Å²) in [5.41, 5.74) is 4.84. The zero-order valence-corrected chi connectivity index (χ0v) is 21.2. The number of halogens is 2. The molecule has 1 aliphatic heterocycles. The Balaban J connectivity index is 1.80. The number of thioether (sulfide) groups is 1. The summed E-state index contributed by atoms with van der Waals surface area (Å²) in [4.78, 5) is 18.3. The Hall–Kier alpha value is -2.48. The fourth-order valence-corrected chi connectivity index (χ4v) is 4.96. The number of carbonyl (C=O) groups is 1. The van der Waals surface area contributed by atoms with E-state index >= 15 is 0 Å². The molecular weight excluding hydrogens is 477 g/mol. The first-order valence-electron chi connectivity index (χ1n) is 10.7. The maximum absolute atomic E-state index is 13.6. The van der Waals surface area contributed by atoms with Crippen LogP contribution in [0.1, 0.15) is 43.0 Å². The van der Waals surface area contributed by atoms with Crippen LogP contribution in [-0.4, -0.2) is 26.4 Å². The van der Waals surface area contributed by atoms with Gasteiger partial charge in [-0.1, -0.05) is 60.1 Å². The highest BCUT2D eigenvalue weighted by Crippen LogP contribution is 2.40. The van der Waals surface area contributed by atoms with Crippen LogP contribution in [0.15, 0.2) is 52.8 Å². The molecule has 1 amide bonds. The molecule has 2 N–H and O–H groups in total. The SMILES string of the molecule is CCCSc1nc2n(n1)C(c1ccc(Cl)cc1Cl)C(C(=O)Nc1cccc(C)c1C)=C(C)N2. The number of aryl methyl sites for hydroxylation is 1. The third kappa shape index (κ3) is 4.76. The van der Waals surface area contributed by atoms with Crippen molar-refractivity contribution in [3.63, 3.8) is 0 Å². The Morgan fingerprint density at radius 2 is 2.00 bits per heavy atom. The lowest BCUT2D eigenvalue weighted by atomic mass is 9.94. The number of carbonyl (C=O) groups excluding carboxylic acids is 1. The molecule has 33 heavy (non-hydrogen) atoms. The zero-order chi connectivity index (χ0) is 23.7. The smallest absolute Gasteiger partial charge is 0.255 e. The van der Waals surface area contributed by atoms with Crippen molar-refractivity contribution in [2.45, 2.75) is 45.3 Å². The van der Waals surface area contributed by atoms with E-state index in [4.69, 9.17) is 28.3 Å². The second-order valence-corrected chi connectivity index (χ2v) is 9.85. The summed E-state index contributed by atoms with van der Waals surface area (Å²) in [6, 6.07) is 10.6. The molecule has 2 aromatic carbocycles. The first-order chi connectivity index (χ1) is 15.8. The topological polar surface area (TPSA) is 71.8 Å². The number of nitrogens with zero attached hydrogens (tertiary/aromatic N) is 3. The molecule has 4 rings (SSSR count). The molecule has 172 valence electrons. The van der Waals surface area contributed by atoms with Crippen LogP contribution >= 0.6 is 35.0 Å². The highest BCUT2D eigenvalue weighted by Gasteiger charge is 2.35. The minimum atomic E-state index is -0.556. The van der Waals surface area contributed by atoms with Crippen LogP contribution in [0.25, 0.3) is 0 Å². The van der Waals surface area contributed by atoms with Gasteiger partial charge in [0.25, 0.3) is 5.91 Å². The lowest BCUT2D eigenvalue weighted by Gasteiger charge is -2.29. The number of aromatic nitrogens is 3. The summed E-state index contributed by atoms with van der Waals surface area (Å²) in [5, 5.41) is 12.7. The summed E-state index contributed by atoms with van der Waals surface area (Å²) >= 11 is 14.4. The Morgan fingerprint density at radius 3 is 2.73 bits per heavy atom. The van der Waals surface area contributed by atoms with Gasteiger partial charge in [0.1, 0.15) is 6.04 Å². The Bertz CT molecular complexity index is 1250. The van der Waals surface area contributed by atoms with Gasteiger partial charge in [-0.15, -0.1) is 5.10 Å². The molecule has 0 fully saturated rings. The summed E-state index contributed by atoms with van der Waals surface area (Å²) in [5.74, 6) is 1.25. The van der Waals surface area contributed by atoms with Crippen molar-refractivity contribution in [3.8, 4) is 0 Å². The van der Waals surface area contributed by atoms with Crippen LogP contribution in [0.2, 0.25) is 10.0 Å². The summed E-state index contributed by atoms with van der Waals surface area (Å²) in [7, 11) is 0. The van der Waals surface area contributed by atoms with Crippen LogP contribution in [0.3, 0.4) is 0 Å². The monoisotopic (exact) mass is 501 g/mol. The minimum absolute atomic E-state index is 0.228. The maximum atomic E-state index is 13.6. The van der Waals surface area contributed by atoms with Crippen LogP contribution in [0, 0.1) is 13.8 Å². The minimum Gasteiger partial charge on any atom is -0.328 e. The van der Waals surface area contributed by atoms with E-state index in [-0.39, 0.29) is 5.91 Å². The van der Waals surface area contributed by atoms with E-state index in [1.54, 1.807) is 28.6 Å². The van der Waals surface area contributed by atoms with Crippen molar-refractivity contribution in [2.75, 3.05) is 16.4 Å². The van der Waals surface area contributed by atoms with Gasteiger partial charge in [0.15, 0.2) is 0 Å². The number of benzene rings is 2. The van der Waals surface area contributed by atoms with Gasteiger partial charge in [-0.05, 0) is 56.5 Å². The fourth-order valence-electron chi connectivity index (χ4n) is 3.77. The number of amides is 1. The molecule has 0 saturated heterocycles. The molecule has 1 aliphatic rings. The summed E-state index contributed by atoms with van der Waals surface area (Å²) < 4.78 is 1.73. The van der Waals surface area contributed by atoms with Crippen molar-refractivity contribution in [3.05, 3.63) is 74.4 Å². The third-order valence-electron chi connectivity index (χ3n) is 5.62. The van der Waals surface area contributed by atoms with E-state index in [2.05, 4.69) is 22.5 Å². The van der Waals surface area contributed by atoms with E-state index in [1.165, 1.54) is 0 Å². The lowest BCUT2D eigenvalue weighted by Crippen LogP contribution is -2.31. The van der Waals surface area contributed by atoms with Crippen molar-refractivity contribution < 1.29 is 4.79 Å². The van der Waals surface area contributed by atoms with Gasteiger partial charge in [-0.3, -0.25) is 4.79 Å². The highest BCUT2D eigenvalue weighted by molar-refractivity contribution is 7.99. The van der Waals surface area contributed by atoms with Crippen LogP contribution in [-0.2, 0) is 4.79 Å². The number of fused-ring (bicyclic) bond motifs is 1. The van der Waals surface area contributed by atoms with Gasteiger partial charge in [-0.2, -0.15) is 4.98 Å². The van der Waals surface area contributed by atoms with Gasteiger partial charge in [-0.25, -0.2) is 4.68 Å². The number of allylic oxidation sites excluding steroid dienone is 1. The maximum Gasteiger partial charge on any atom is 0.255 e. The van der Waals surface area contributed by atoms with E-state index in [1.807, 2.05) is 45.0 Å².